The molecule has 0 radical (unpaired) electrons. The molecule has 0 aliphatic carbocycles. The number of hydrogen-bond donors (Lipinski definition) is 1. The van der Waals surface area contributed by atoms with Crippen LogP contribution >= 0.6 is 11.3 Å². The van der Waals surface area contributed by atoms with Gasteiger partial charge in [-0.1, -0.05) is 13.8 Å². The fourth-order valence-corrected chi connectivity index (χ4v) is 3.26. The monoisotopic (exact) mass is 294 g/mol. The van der Waals surface area contributed by atoms with E-state index in [1.165, 1.54) is 12.4 Å². The second-order valence-corrected chi connectivity index (χ2v) is 6.65. The Labute approximate surface area is 119 Å². The zero-order valence-electron chi connectivity index (χ0n) is 11.1. The van der Waals surface area contributed by atoms with Crippen LogP contribution in [0, 0.1) is 15.5 Å². The number of rotatable bonds is 2. The van der Waals surface area contributed by atoms with Gasteiger partial charge in [0.1, 0.15) is 17.0 Å². The molecule has 1 unspecified atom stereocenters. The maximum Gasteiger partial charge on any atom is 0.326 e. The first-order chi connectivity index (χ1) is 9.38. The number of thiophene rings is 1. The number of aliphatic hydroxyl groups is 1. The fraction of sp³-hybridized carbons (Fsp3) is 0.500. The van der Waals surface area contributed by atoms with E-state index in [0.29, 0.717) is 29.1 Å². The number of β-amino-alcohol motifs (C(OH)–C–C–N with tert-alkyl or cyclic N) is 1. The molecule has 7 nitrogen and oxygen atoms in total. The van der Waals surface area contributed by atoms with Crippen molar-refractivity contribution in [1.82, 2.24) is 9.97 Å². The van der Waals surface area contributed by atoms with E-state index in [9.17, 15) is 15.2 Å². The number of fused-ring (bicyclic) bond motifs is 1. The van der Waals surface area contributed by atoms with E-state index in [-0.39, 0.29) is 10.4 Å². The lowest BCUT2D eigenvalue weighted by atomic mass is 9.90. The molecule has 106 valence electrons. The summed E-state index contributed by atoms with van der Waals surface area (Å²) in [6, 6.07) is 1.51. The van der Waals surface area contributed by atoms with E-state index < -0.39 is 11.0 Å². The molecule has 1 aliphatic rings. The van der Waals surface area contributed by atoms with Crippen LogP contribution in [0.1, 0.15) is 13.8 Å². The predicted octanol–water partition coefficient (Wildman–Crippen LogP) is 1.81. The fourth-order valence-electron chi connectivity index (χ4n) is 2.45. The highest BCUT2D eigenvalue weighted by Crippen LogP contribution is 2.38. The predicted molar refractivity (Wildman–Crippen MR) is 76.1 cm³/mol. The lowest BCUT2D eigenvalue weighted by molar-refractivity contribution is -0.380. The highest BCUT2D eigenvalue weighted by molar-refractivity contribution is 7.21. The Morgan fingerprint density at radius 2 is 2.30 bits per heavy atom. The first kappa shape index (κ1) is 13.2. The van der Waals surface area contributed by atoms with Gasteiger partial charge in [0, 0.05) is 24.6 Å². The van der Waals surface area contributed by atoms with Crippen molar-refractivity contribution in [2.75, 3.05) is 18.0 Å². The third-order valence-electron chi connectivity index (χ3n) is 3.67. The molecular weight excluding hydrogens is 280 g/mol. The van der Waals surface area contributed by atoms with Gasteiger partial charge < -0.3 is 10.0 Å². The van der Waals surface area contributed by atoms with Gasteiger partial charge >= 0.3 is 5.00 Å². The molecule has 1 aliphatic heterocycles. The number of hydrogen-bond acceptors (Lipinski definition) is 7. The third-order valence-corrected chi connectivity index (χ3v) is 4.66. The first-order valence-corrected chi connectivity index (χ1v) is 7.02. The number of nitro groups is 1. The summed E-state index contributed by atoms with van der Waals surface area (Å²) in [7, 11) is 0. The Morgan fingerprint density at radius 3 is 2.90 bits per heavy atom. The van der Waals surface area contributed by atoms with Crippen molar-refractivity contribution in [1.29, 1.82) is 0 Å². The maximum absolute atomic E-state index is 10.9. The minimum Gasteiger partial charge on any atom is -0.391 e. The zero-order chi connectivity index (χ0) is 14.5. The quantitative estimate of drug-likeness (QED) is 0.670. The van der Waals surface area contributed by atoms with Crippen molar-refractivity contribution >= 4 is 32.4 Å². The number of aliphatic hydroxyl groups excluding tert-OH is 1. The second-order valence-electron chi connectivity index (χ2n) is 5.64. The number of aromatic nitrogens is 2. The standard InChI is InChI=1S/C12H14N4O3S/c1-12(2)5-15(4-8(12)17)10-7-3-9(16(18)19)20-11(7)14-6-13-10/h3,6,8,17H,4-5H2,1-2H3. The van der Waals surface area contributed by atoms with Crippen LogP contribution in [0.3, 0.4) is 0 Å². The Balaban J connectivity index is 2.06. The van der Waals surface area contributed by atoms with Crippen LogP contribution in [0.2, 0.25) is 0 Å². The first-order valence-electron chi connectivity index (χ1n) is 6.20. The largest absolute Gasteiger partial charge is 0.391 e. The van der Waals surface area contributed by atoms with Gasteiger partial charge in [0.25, 0.3) is 0 Å². The molecule has 2 aromatic heterocycles. The maximum atomic E-state index is 10.9. The van der Waals surface area contributed by atoms with Crippen molar-refractivity contribution in [3.05, 3.63) is 22.5 Å². The smallest absolute Gasteiger partial charge is 0.326 e. The van der Waals surface area contributed by atoms with Crippen molar-refractivity contribution in [3.8, 4) is 0 Å². The minimum atomic E-state index is -0.443. The number of anilines is 1. The van der Waals surface area contributed by atoms with E-state index in [4.69, 9.17) is 0 Å². The Kier molecular flexibility index (Phi) is 2.87. The summed E-state index contributed by atoms with van der Waals surface area (Å²) >= 11 is 1.04. The normalized spacial score (nSPS) is 21.6. The van der Waals surface area contributed by atoms with Crippen LogP contribution in [0.25, 0.3) is 10.2 Å². The Bertz CT molecular complexity index is 684. The van der Waals surface area contributed by atoms with Crippen molar-refractivity contribution in [2.24, 2.45) is 5.41 Å². The molecule has 8 heteroatoms. The molecule has 0 amide bonds. The average molecular weight is 294 g/mol. The summed E-state index contributed by atoms with van der Waals surface area (Å²) in [6.07, 6.45) is 0.969. The summed E-state index contributed by atoms with van der Waals surface area (Å²) in [4.78, 5) is 21.4. The van der Waals surface area contributed by atoms with Crippen LogP contribution < -0.4 is 4.90 Å². The summed E-state index contributed by atoms with van der Waals surface area (Å²) in [5.41, 5.74) is -0.223. The summed E-state index contributed by atoms with van der Waals surface area (Å²) < 4.78 is 0. The molecule has 3 rings (SSSR count). The van der Waals surface area contributed by atoms with E-state index in [2.05, 4.69) is 9.97 Å². The topological polar surface area (TPSA) is 92.4 Å². The molecule has 3 heterocycles. The summed E-state index contributed by atoms with van der Waals surface area (Å²) in [6.45, 7) is 5.12. The zero-order valence-corrected chi connectivity index (χ0v) is 11.9. The molecule has 0 bridgehead atoms. The van der Waals surface area contributed by atoms with Gasteiger partial charge in [-0.3, -0.25) is 10.1 Å². The lowest BCUT2D eigenvalue weighted by Crippen LogP contribution is -2.26. The average Bonchev–Trinajstić information content (AvgIpc) is 2.91. The van der Waals surface area contributed by atoms with Crippen molar-refractivity contribution in [2.45, 2.75) is 20.0 Å². The van der Waals surface area contributed by atoms with Crippen molar-refractivity contribution in [3.63, 3.8) is 0 Å². The summed E-state index contributed by atoms with van der Waals surface area (Å²) in [5.74, 6) is 0.656. The Morgan fingerprint density at radius 1 is 1.55 bits per heavy atom. The third kappa shape index (κ3) is 2.01. The van der Waals surface area contributed by atoms with Gasteiger partial charge in [-0.15, -0.1) is 0 Å². The highest BCUT2D eigenvalue weighted by atomic mass is 32.1. The molecule has 1 fully saturated rings. The van der Waals surface area contributed by atoms with E-state index in [1.807, 2.05) is 18.7 Å². The molecule has 2 aromatic rings. The van der Waals surface area contributed by atoms with Gasteiger partial charge in [-0.05, 0) is 11.3 Å². The minimum absolute atomic E-state index is 0.0563. The van der Waals surface area contributed by atoms with E-state index in [0.717, 1.165) is 11.3 Å². The molecule has 20 heavy (non-hydrogen) atoms. The molecular formula is C12H14N4O3S. The molecule has 0 saturated carbocycles. The SMILES string of the molecule is CC1(C)CN(c2ncnc3sc([N+](=O)[O-])cc23)CC1O. The molecule has 1 atom stereocenters. The van der Waals surface area contributed by atoms with Crippen LogP contribution in [-0.2, 0) is 0 Å². The van der Waals surface area contributed by atoms with Gasteiger partial charge in [0.2, 0.25) is 0 Å². The summed E-state index contributed by atoms with van der Waals surface area (Å²) in [5, 5.41) is 21.7. The number of nitrogens with zero attached hydrogens (tertiary/aromatic N) is 4. The second kappa shape index (κ2) is 4.35. The molecule has 1 saturated heterocycles. The molecule has 1 N–H and O–H groups in total. The van der Waals surface area contributed by atoms with Gasteiger partial charge in [-0.2, -0.15) is 0 Å². The Hall–Kier alpha value is -1.80. The molecule has 0 spiro atoms. The highest BCUT2D eigenvalue weighted by Gasteiger charge is 2.39. The van der Waals surface area contributed by atoms with Crippen LogP contribution in [0.5, 0.6) is 0 Å². The van der Waals surface area contributed by atoms with Crippen LogP contribution in [0.15, 0.2) is 12.4 Å². The van der Waals surface area contributed by atoms with Crippen LogP contribution in [-0.4, -0.2) is 39.2 Å². The molecule has 0 aromatic carbocycles. The van der Waals surface area contributed by atoms with E-state index in [1.54, 1.807) is 0 Å². The van der Waals surface area contributed by atoms with Crippen LogP contribution in [0.4, 0.5) is 10.8 Å². The van der Waals surface area contributed by atoms with Crippen molar-refractivity contribution < 1.29 is 10.0 Å². The van der Waals surface area contributed by atoms with Gasteiger partial charge in [0.05, 0.1) is 16.4 Å². The van der Waals surface area contributed by atoms with Gasteiger partial charge in [-0.25, -0.2) is 9.97 Å². The lowest BCUT2D eigenvalue weighted by Gasteiger charge is -2.21. The van der Waals surface area contributed by atoms with E-state index >= 15 is 0 Å². The van der Waals surface area contributed by atoms with Gasteiger partial charge in [0.15, 0.2) is 0 Å².